The highest BCUT2D eigenvalue weighted by atomic mass is 16.5. The topological polar surface area (TPSA) is 98.8 Å². The SMILES string of the molecule is COCCCNC(=O)c1cc(C(=O)Nc2ccc(OC)cc2OC)ccn1. The van der Waals surface area contributed by atoms with Crippen LogP contribution in [0.25, 0.3) is 0 Å². The van der Waals surface area contributed by atoms with E-state index in [9.17, 15) is 9.59 Å². The van der Waals surface area contributed by atoms with Crippen molar-refractivity contribution >= 4 is 17.5 Å². The average Bonchev–Trinajstić information content (AvgIpc) is 2.71. The molecule has 0 aliphatic carbocycles. The summed E-state index contributed by atoms with van der Waals surface area (Å²) in [4.78, 5) is 28.7. The van der Waals surface area contributed by atoms with Gasteiger partial charge in [0.1, 0.15) is 17.2 Å². The Balaban J connectivity index is 2.08. The van der Waals surface area contributed by atoms with Gasteiger partial charge in [-0.15, -0.1) is 0 Å². The maximum Gasteiger partial charge on any atom is 0.269 e. The molecular weight excluding hydrogens is 350 g/mol. The molecule has 0 radical (unpaired) electrons. The maximum atomic E-state index is 12.5. The highest BCUT2D eigenvalue weighted by Gasteiger charge is 2.14. The molecule has 0 unspecified atom stereocenters. The number of pyridine rings is 1. The number of hydrogen-bond acceptors (Lipinski definition) is 6. The lowest BCUT2D eigenvalue weighted by molar-refractivity contribution is 0.0943. The predicted molar refractivity (Wildman–Crippen MR) is 101 cm³/mol. The number of carbonyl (C=O) groups is 2. The van der Waals surface area contributed by atoms with Crippen LogP contribution in [0.15, 0.2) is 36.5 Å². The molecule has 2 rings (SSSR count). The third kappa shape index (κ3) is 5.68. The van der Waals surface area contributed by atoms with Gasteiger partial charge in [-0.2, -0.15) is 0 Å². The molecule has 1 heterocycles. The molecular formula is C19H23N3O5. The number of carbonyl (C=O) groups excluding carboxylic acids is 2. The second-order valence-corrected chi connectivity index (χ2v) is 5.55. The zero-order valence-corrected chi connectivity index (χ0v) is 15.6. The molecule has 8 heteroatoms. The molecule has 0 saturated heterocycles. The molecule has 27 heavy (non-hydrogen) atoms. The predicted octanol–water partition coefficient (Wildman–Crippen LogP) is 2.12. The number of benzene rings is 1. The Labute approximate surface area is 157 Å². The molecule has 0 bridgehead atoms. The van der Waals surface area contributed by atoms with Gasteiger partial charge in [0.05, 0.1) is 19.9 Å². The molecule has 0 saturated carbocycles. The standard InChI is InChI=1S/C19H23N3O5/c1-25-10-4-8-21-19(24)16-11-13(7-9-20-16)18(23)22-15-6-5-14(26-2)12-17(15)27-3/h5-7,9,11-12H,4,8,10H2,1-3H3,(H,21,24)(H,22,23). The molecule has 0 aliphatic rings. The summed E-state index contributed by atoms with van der Waals surface area (Å²) < 4.78 is 15.3. The van der Waals surface area contributed by atoms with Crippen molar-refractivity contribution in [2.75, 3.05) is 39.8 Å². The summed E-state index contributed by atoms with van der Waals surface area (Å²) in [5.41, 5.74) is 0.970. The first kappa shape index (κ1) is 20.2. The van der Waals surface area contributed by atoms with Gasteiger partial charge in [-0.3, -0.25) is 14.6 Å². The smallest absolute Gasteiger partial charge is 0.269 e. The van der Waals surface area contributed by atoms with Gasteiger partial charge in [0.15, 0.2) is 0 Å². The van der Waals surface area contributed by atoms with E-state index in [-0.39, 0.29) is 17.5 Å². The zero-order valence-electron chi connectivity index (χ0n) is 15.6. The van der Waals surface area contributed by atoms with E-state index >= 15 is 0 Å². The van der Waals surface area contributed by atoms with E-state index in [0.717, 1.165) is 0 Å². The first-order valence-corrected chi connectivity index (χ1v) is 8.35. The minimum atomic E-state index is -0.380. The van der Waals surface area contributed by atoms with Gasteiger partial charge in [-0.1, -0.05) is 0 Å². The Morgan fingerprint density at radius 2 is 1.85 bits per heavy atom. The average molecular weight is 373 g/mol. The number of nitrogens with zero attached hydrogens (tertiary/aromatic N) is 1. The summed E-state index contributed by atoms with van der Waals surface area (Å²) in [6.07, 6.45) is 2.11. The Morgan fingerprint density at radius 1 is 1.04 bits per heavy atom. The van der Waals surface area contributed by atoms with Crippen molar-refractivity contribution in [3.8, 4) is 11.5 Å². The van der Waals surface area contributed by atoms with E-state index in [1.807, 2.05) is 0 Å². The zero-order chi connectivity index (χ0) is 19.6. The quantitative estimate of drug-likeness (QED) is 0.653. The van der Waals surface area contributed by atoms with E-state index in [4.69, 9.17) is 14.2 Å². The fourth-order valence-corrected chi connectivity index (χ4v) is 2.30. The Hall–Kier alpha value is -3.13. The van der Waals surface area contributed by atoms with Crippen molar-refractivity contribution in [3.05, 3.63) is 47.8 Å². The number of methoxy groups -OCH3 is 3. The van der Waals surface area contributed by atoms with Gasteiger partial charge in [-0.25, -0.2) is 0 Å². The highest BCUT2D eigenvalue weighted by molar-refractivity contribution is 6.06. The molecule has 2 N–H and O–H groups in total. The van der Waals surface area contributed by atoms with Crippen LogP contribution in [0.2, 0.25) is 0 Å². The van der Waals surface area contributed by atoms with E-state index in [2.05, 4.69) is 15.6 Å². The van der Waals surface area contributed by atoms with Gasteiger partial charge < -0.3 is 24.8 Å². The van der Waals surface area contributed by atoms with Gasteiger partial charge >= 0.3 is 0 Å². The maximum absolute atomic E-state index is 12.5. The Morgan fingerprint density at radius 3 is 2.56 bits per heavy atom. The summed E-state index contributed by atoms with van der Waals surface area (Å²) >= 11 is 0. The Kier molecular flexibility index (Phi) is 7.57. The van der Waals surface area contributed by atoms with Gasteiger partial charge in [0, 0.05) is 38.1 Å². The third-order valence-electron chi connectivity index (χ3n) is 3.72. The number of amides is 2. The van der Waals surface area contributed by atoms with Crippen LogP contribution < -0.4 is 20.1 Å². The summed E-state index contributed by atoms with van der Waals surface area (Å²) in [5.74, 6) is 0.353. The van der Waals surface area contributed by atoms with Crippen molar-refractivity contribution < 1.29 is 23.8 Å². The molecule has 2 aromatic rings. The summed E-state index contributed by atoms with van der Waals surface area (Å²) in [6, 6.07) is 8.04. The fraction of sp³-hybridized carbons (Fsp3) is 0.316. The van der Waals surface area contributed by atoms with Crippen LogP contribution in [0.4, 0.5) is 5.69 Å². The van der Waals surface area contributed by atoms with E-state index in [0.29, 0.717) is 42.3 Å². The van der Waals surface area contributed by atoms with E-state index in [1.54, 1.807) is 32.4 Å². The molecule has 144 valence electrons. The second kappa shape index (κ2) is 10.1. The lowest BCUT2D eigenvalue weighted by Gasteiger charge is -2.12. The molecule has 1 aromatic carbocycles. The van der Waals surface area contributed by atoms with Crippen molar-refractivity contribution in [2.24, 2.45) is 0 Å². The van der Waals surface area contributed by atoms with E-state index < -0.39 is 0 Å². The largest absolute Gasteiger partial charge is 0.497 e. The summed E-state index contributed by atoms with van der Waals surface area (Å²) in [5, 5.41) is 5.49. The van der Waals surface area contributed by atoms with Crippen LogP contribution in [0.5, 0.6) is 11.5 Å². The molecule has 0 aliphatic heterocycles. The lowest BCUT2D eigenvalue weighted by Crippen LogP contribution is -2.26. The number of nitrogens with one attached hydrogen (secondary N) is 2. The molecule has 2 amide bonds. The first-order valence-electron chi connectivity index (χ1n) is 8.35. The van der Waals surface area contributed by atoms with Crippen LogP contribution in [0.1, 0.15) is 27.3 Å². The van der Waals surface area contributed by atoms with Crippen molar-refractivity contribution in [3.63, 3.8) is 0 Å². The minimum Gasteiger partial charge on any atom is -0.497 e. The fourth-order valence-electron chi connectivity index (χ4n) is 2.30. The normalized spacial score (nSPS) is 10.2. The first-order chi connectivity index (χ1) is 13.1. The molecule has 0 atom stereocenters. The van der Waals surface area contributed by atoms with Crippen LogP contribution in [-0.2, 0) is 4.74 Å². The van der Waals surface area contributed by atoms with Crippen molar-refractivity contribution in [1.82, 2.24) is 10.3 Å². The minimum absolute atomic E-state index is 0.168. The van der Waals surface area contributed by atoms with Crippen LogP contribution in [0, 0.1) is 0 Å². The van der Waals surface area contributed by atoms with Gasteiger partial charge in [0.25, 0.3) is 11.8 Å². The molecule has 8 nitrogen and oxygen atoms in total. The van der Waals surface area contributed by atoms with Crippen molar-refractivity contribution in [2.45, 2.75) is 6.42 Å². The van der Waals surface area contributed by atoms with Crippen LogP contribution >= 0.6 is 0 Å². The number of aromatic nitrogens is 1. The van der Waals surface area contributed by atoms with Crippen molar-refractivity contribution in [1.29, 1.82) is 0 Å². The monoisotopic (exact) mass is 373 g/mol. The highest BCUT2D eigenvalue weighted by Crippen LogP contribution is 2.29. The summed E-state index contributed by atoms with van der Waals surface area (Å²) in [6.45, 7) is 1.02. The number of ether oxygens (including phenoxy) is 3. The Bertz CT molecular complexity index is 795. The van der Waals surface area contributed by atoms with Gasteiger partial charge in [-0.05, 0) is 30.7 Å². The lowest BCUT2D eigenvalue weighted by atomic mass is 10.2. The van der Waals surface area contributed by atoms with E-state index in [1.165, 1.54) is 25.4 Å². The van der Waals surface area contributed by atoms with Gasteiger partial charge in [0.2, 0.25) is 0 Å². The number of anilines is 1. The second-order valence-electron chi connectivity index (χ2n) is 5.55. The summed E-state index contributed by atoms with van der Waals surface area (Å²) in [7, 11) is 4.65. The molecule has 0 spiro atoms. The van der Waals surface area contributed by atoms with Crippen LogP contribution in [-0.4, -0.2) is 51.3 Å². The van der Waals surface area contributed by atoms with Crippen LogP contribution in [0.3, 0.4) is 0 Å². The molecule has 1 aromatic heterocycles. The third-order valence-corrected chi connectivity index (χ3v) is 3.72. The number of hydrogen-bond donors (Lipinski definition) is 2. The molecule has 0 fully saturated rings. The number of rotatable bonds is 9.